The SMILES string of the molecule is CCCNC(C)c1nnnn1CC1CCSC1. The Morgan fingerprint density at radius 3 is 3.18 bits per heavy atom. The molecule has 2 unspecified atom stereocenters. The molecule has 5 nitrogen and oxygen atoms in total. The molecule has 0 bridgehead atoms. The van der Waals surface area contributed by atoms with E-state index in [2.05, 4.69) is 34.7 Å². The lowest BCUT2D eigenvalue weighted by Crippen LogP contribution is -2.24. The molecule has 0 radical (unpaired) electrons. The van der Waals surface area contributed by atoms with E-state index in [1.165, 1.54) is 17.9 Å². The highest BCUT2D eigenvalue weighted by molar-refractivity contribution is 7.99. The van der Waals surface area contributed by atoms with E-state index in [1.807, 2.05) is 16.4 Å². The largest absolute Gasteiger partial charge is 0.307 e. The first-order chi connectivity index (χ1) is 8.31. The number of hydrogen-bond acceptors (Lipinski definition) is 5. The summed E-state index contributed by atoms with van der Waals surface area (Å²) >= 11 is 2.03. The smallest absolute Gasteiger partial charge is 0.167 e. The van der Waals surface area contributed by atoms with Gasteiger partial charge in [0.1, 0.15) is 0 Å². The molecule has 1 aromatic heterocycles. The van der Waals surface area contributed by atoms with E-state index < -0.39 is 0 Å². The van der Waals surface area contributed by atoms with Gasteiger partial charge in [0.2, 0.25) is 0 Å². The Kier molecular flexibility index (Phi) is 4.79. The molecule has 2 rings (SSSR count). The van der Waals surface area contributed by atoms with Crippen LogP contribution in [0.3, 0.4) is 0 Å². The zero-order valence-electron chi connectivity index (χ0n) is 10.6. The molecule has 96 valence electrons. The predicted octanol–water partition coefficient (Wildman–Crippen LogP) is 1.49. The molecular weight excluding hydrogens is 234 g/mol. The molecule has 0 spiro atoms. The van der Waals surface area contributed by atoms with Crippen LogP contribution >= 0.6 is 11.8 Å². The van der Waals surface area contributed by atoms with E-state index >= 15 is 0 Å². The molecule has 1 aromatic rings. The maximum absolute atomic E-state index is 4.14. The minimum atomic E-state index is 0.235. The normalized spacial score (nSPS) is 21.9. The fourth-order valence-corrected chi connectivity index (χ4v) is 3.35. The molecule has 6 heteroatoms. The van der Waals surface area contributed by atoms with E-state index in [0.717, 1.165) is 31.3 Å². The average Bonchev–Trinajstić information content (AvgIpc) is 2.97. The average molecular weight is 255 g/mol. The number of nitrogens with one attached hydrogen (secondary N) is 1. The summed E-state index contributed by atoms with van der Waals surface area (Å²) in [5, 5.41) is 15.5. The summed E-state index contributed by atoms with van der Waals surface area (Å²) in [6.07, 6.45) is 2.42. The van der Waals surface area contributed by atoms with Crippen molar-refractivity contribution < 1.29 is 0 Å². The Balaban J connectivity index is 1.95. The number of rotatable bonds is 6. The van der Waals surface area contributed by atoms with Gasteiger partial charge in [0, 0.05) is 6.54 Å². The van der Waals surface area contributed by atoms with Crippen molar-refractivity contribution in [3.8, 4) is 0 Å². The van der Waals surface area contributed by atoms with Gasteiger partial charge in [-0.15, -0.1) is 5.10 Å². The van der Waals surface area contributed by atoms with E-state index in [9.17, 15) is 0 Å². The Morgan fingerprint density at radius 1 is 1.59 bits per heavy atom. The molecule has 2 atom stereocenters. The van der Waals surface area contributed by atoms with Gasteiger partial charge in [0.25, 0.3) is 0 Å². The summed E-state index contributed by atoms with van der Waals surface area (Å²) < 4.78 is 1.98. The monoisotopic (exact) mass is 255 g/mol. The van der Waals surface area contributed by atoms with Crippen LogP contribution in [0.5, 0.6) is 0 Å². The van der Waals surface area contributed by atoms with Crippen molar-refractivity contribution in [2.24, 2.45) is 5.92 Å². The number of nitrogens with zero attached hydrogens (tertiary/aromatic N) is 4. The highest BCUT2D eigenvalue weighted by Crippen LogP contribution is 2.25. The maximum atomic E-state index is 4.14. The Labute approximate surface area is 107 Å². The molecule has 0 saturated carbocycles. The minimum Gasteiger partial charge on any atom is -0.307 e. The molecule has 0 aromatic carbocycles. The van der Waals surface area contributed by atoms with Gasteiger partial charge in [-0.05, 0) is 54.2 Å². The van der Waals surface area contributed by atoms with Crippen molar-refractivity contribution in [3.05, 3.63) is 5.82 Å². The molecule has 1 aliphatic heterocycles. The van der Waals surface area contributed by atoms with E-state index in [4.69, 9.17) is 0 Å². The summed E-state index contributed by atoms with van der Waals surface area (Å²) in [6.45, 7) is 6.26. The van der Waals surface area contributed by atoms with Crippen LogP contribution < -0.4 is 5.32 Å². The Bertz CT molecular complexity index is 334. The summed E-state index contributed by atoms with van der Waals surface area (Å²) in [5.41, 5.74) is 0. The predicted molar refractivity (Wildman–Crippen MR) is 70.0 cm³/mol. The molecule has 1 aliphatic rings. The third-order valence-corrected chi connectivity index (χ3v) is 4.33. The van der Waals surface area contributed by atoms with Crippen LogP contribution in [0, 0.1) is 5.92 Å². The fourth-order valence-electron chi connectivity index (χ4n) is 2.08. The van der Waals surface area contributed by atoms with Gasteiger partial charge in [-0.2, -0.15) is 11.8 Å². The van der Waals surface area contributed by atoms with Gasteiger partial charge in [-0.3, -0.25) is 0 Å². The highest BCUT2D eigenvalue weighted by Gasteiger charge is 2.20. The molecule has 0 aliphatic carbocycles. The Hall–Kier alpha value is -0.620. The molecule has 2 heterocycles. The standard InChI is InChI=1S/C11H21N5S/c1-3-5-12-9(2)11-13-14-15-16(11)7-10-4-6-17-8-10/h9-10,12H,3-8H2,1-2H3. The van der Waals surface area contributed by atoms with Gasteiger partial charge in [0.05, 0.1) is 6.04 Å². The second-order valence-electron chi connectivity index (χ2n) is 4.62. The number of aromatic nitrogens is 4. The van der Waals surface area contributed by atoms with Gasteiger partial charge in [-0.1, -0.05) is 6.92 Å². The summed E-state index contributed by atoms with van der Waals surface area (Å²) in [7, 11) is 0. The highest BCUT2D eigenvalue weighted by atomic mass is 32.2. The first kappa shape index (κ1) is 12.8. The van der Waals surface area contributed by atoms with Gasteiger partial charge < -0.3 is 5.32 Å². The summed E-state index contributed by atoms with van der Waals surface area (Å²) in [6, 6.07) is 0.235. The van der Waals surface area contributed by atoms with Crippen LogP contribution in [0.1, 0.15) is 38.6 Å². The van der Waals surface area contributed by atoms with Crippen LogP contribution in [0.4, 0.5) is 0 Å². The number of hydrogen-bond donors (Lipinski definition) is 1. The van der Waals surface area contributed by atoms with Gasteiger partial charge in [0.15, 0.2) is 5.82 Å². The van der Waals surface area contributed by atoms with E-state index in [0.29, 0.717) is 0 Å². The van der Waals surface area contributed by atoms with Gasteiger partial charge in [-0.25, -0.2) is 4.68 Å². The first-order valence-corrected chi connectivity index (χ1v) is 7.54. The second kappa shape index (κ2) is 6.35. The molecule has 1 N–H and O–H groups in total. The van der Waals surface area contributed by atoms with Crippen LogP contribution in [0.15, 0.2) is 0 Å². The topological polar surface area (TPSA) is 55.6 Å². The number of thioether (sulfide) groups is 1. The first-order valence-electron chi connectivity index (χ1n) is 6.38. The lowest BCUT2D eigenvalue weighted by Gasteiger charge is -2.14. The van der Waals surface area contributed by atoms with E-state index in [1.54, 1.807) is 0 Å². The van der Waals surface area contributed by atoms with Crippen molar-refractivity contribution in [1.82, 2.24) is 25.5 Å². The summed E-state index contributed by atoms with van der Waals surface area (Å²) in [4.78, 5) is 0. The second-order valence-corrected chi connectivity index (χ2v) is 5.77. The van der Waals surface area contributed by atoms with Gasteiger partial charge >= 0.3 is 0 Å². The third kappa shape index (κ3) is 3.42. The Morgan fingerprint density at radius 2 is 2.47 bits per heavy atom. The minimum absolute atomic E-state index is 0.235. The molecule has 1 fully saturated rings. The molecule has 17 heavy (non-hydrogen) atoms. The zero-order valence-corrected chi connectivity index (χ0v) is 11.4. The van der Waals surface area contributed by atoms with E-state index in [-0.39, 0.29) is 6.04 Å². The van der Waals surface area contributed by atoms with Crippen molar-refractivity contribution in [2.45, 2.75) is 39.3 Å². The molecular formula is C11H21N5S. The van der Waals surface area contributed by atoms with Crippen LogP contribution in [-0.2, 0) is 6.54 Å². The van der Waals surface area contributed by atoms with Crippen molar-refractivity contribution >= 4 is 11.8 Å². The molecule has 1 saturated heterocycles. The van der Waals surface area contributed by atoms with Crippen LogP contribution in [-0.4, -0.2) is 38.3 Å². The summed E-state index contributed by atoms with van der Waals surface area (Å²) in [5.74, 6) is 4.23. The molecule has 0 amide bonds. The number of tetrazole rings is 1. The maximum Gasteiger partial charge on any atom is 0.167 e. The van der Waals surface area contributed by atoms with Crippen molar-refractivity contribution in [1.29, 1.82) is 0 Å². The zero-order chi connectivity index (χ0) is 12.1. The van der Waals surface area contributed by atoms with Crippen molar-refractivity contribution in [2.75, 3.05) is 18.1 Å². The van der Waals surface area contributed by atoms with Crippen LogP contribution in [0.25, 0.3) is 0 Å². The third-order valence-electron chi connectivity index (χ3n) is 3.10. The fraction of sp³-hybridized carbons (Fsp3) is 0.909. The lowest BCUT2D eigenvalue weighted by molar-refractivity contribution is 0.416. The van der Waals surface area contributed by atoms with Crippen molar-refractivity contribution in [3.63, 3.8) is 0 Å². The lowest BCUT2D eigenvalue weighted by atomic mass is 10.1. The quantitative estimate of drug-likeness (QED) is 0.834. The van der Waals surface area contributed by atoms with Crippen LogP contribution in [0.2, 0.25) is 0 Å².